The number of aromatic nitrogens is 3. The van der Waals surface area contributed by atoms with Crippen molar-refractivity contribution in [2.75, 3.05) is 12.4 Å². The molecule has 25 heavy (non-hydrogen) atoms. The zero-order valence-corrected chi connectivity index (χ0v) is 15.8. The van der Waals surface area contributed by atoms with Crippen molar-refractivity contribution in [3.05, 3.63) is 28.5 Å². The zero-order chi connectivity index (χ0) is 18.4. The number of nitrogens with one attached hydrogen (secondary N) is 1. The van der Waals surface area contributed by atoms with Crippen LogP contribution in [0.2, 0.25) is 0 Å². The number of anilines is 1. The monoisotopic (exact) mass is 362 g/mol. The fourth-order valence-electron chi connectivity index (χ4n) is 2.80. The van der Waals surface area contributed by atoms with E-state index in [9.17, 15) is 9.59 Å². The molecule has 7 nitrogen and oxygen atoms in total. The Kier molecular flexibility index (Phi) is 4.40. The molecule has 1 fully saturated rings. The lowest BCUT2D eigenvalue weighted by atomic mass is 9.91. The van der Waals surface area contributed by atoms with Gasteiger partial charge in [-0.05, 0) is 17.9 Å². The van der Waals surface area contributed by atoms with Crippen molar-refractivity contribution in [1.82, 2.24) is 14.8 Å². The number of amides is 1. The summed E-state index contributed by atoms with van der Waals surface area (Å²) in [6.07, 6.45) is 4.54. The molecular formula is C17H22N4O3S. The molecule has 1 saturated carbocycles. The number of nitrogens with zero attached hydrogens (tertiary/aromatic N) is 3. The molecule has 2 aromatic rings. The van der Waals surface area contributed by atoms with E-state index in [4.69, 9.17) is 4.74 Å². The highest BCUT2D eigenvalue weighted by Crippen LogP contribution is 2.48. The second kappa shape index (κ2) is 6.25. The average Bonchev–Trinajstić information content (AvgIpc) is 3.03. The quantitative estimate of drug-likeness (QED) is 0.845. The van der Waals surface area contributed by atoms with Crippen LogP contribution >= 0.6 is 11.3 Å². The number of carbonyl (C=O) groups is 2. The topological polar surface area (TPSA) is 86.1 Å². The molecule has 0 bridgehead atoms. The number of aryl methyl sites for hydroxylation is 1. The highest BCUT2D eigenvalue weighted by Gasteiger charge is 2.45. The number of hydrogen-bond acceptors (Lipinski definition) is 6. The summed E-state index contributed by atoms with van der Waals surface area (Å²) in [6, 6.07) is 0. The van der Waals surface area contributed by atoms with Crippen molar-refractivity contribution in [3.63, 3.8) is 0 Å². The van der Waals surface area contributed by atoms with Crippen LogP contribution in [0.5, 0.6) is 0 Å². The Morgan fingerprint density at radius 3 is 2.68 bits per heavy atom. The van der Waals surface area contributed by atoms with Gasteiger partial charge in [-0.1, -0.05) is 32.1 Å². The van der Waals surface area contributed by atoms with Crippen LogP contribution in [0.4, 0.5) is 5.13 Å². The molecule has 0 unspecified atom stereocenters. The SMILES string of the molecule is COC(=O)c1sc(NC(=O)[C@@H]2C[C@H]2c2cnn(C)c2)nc1C(C)(C)C. The van der Waals surface area contributed by atoms with Crippen molar-refractivity contribution in [2.24, 2.45) is 13.0 Å². The van der Waals surface area contributed by atoms with E-state index in [-0.39, 0.29) is 23.2 Å². The summed E-state index contributed by atoms with van der Waals surface area (Å²) in [5, 5.41) is 7.44. The van der Waals surface area contributed by atoms with Crippen molar-refractivity contribution >= 4 is 28.3 Å². The molecule has 0 aromatic carbocycles. The summed E-state index contributed by atoms with van der Waals surface area (Å²) in [4.78, 5) is 29.4. The molecule has 0 radical (unpaired) electrons. The van der Waals surface area contributed by atoms with Crippen LogP contribution in [-0.4, -0.2) is 33.8 Å². The standard InChI is InChI=1S/C17H22N4O3S/c1-17(2,3)13-12(15(23)24-5)25-16(19-13)20-14(22)11-6-10(11)9-7-18-21(4)8-9/h7-8,10-11H,6H2,1-5H3,(H,19,20,22)/t10-,11+/m0/s1. The Hall–Kier alpha value is -2.22. The molecule has 1 amide bonds. The maximum absolute atomic E-state index is 12.5. The lowest BCUT2D eigenvalue weighted by Gasteiger charge is -2.16. The summed E-state index contributed by atoms with van der Waals surface area (Å²) in [7, 11) is 3.20. The molecule has 0 aliphatic heterocycles. The van der Waals surface area contributed by atoms with Crippen LogP contribution in [0.1, 0.15) is 54.0 Å². The smallest absolute Gasteiger partial charge is 0.350 e. The van der Waals surface area contributed by atoms with Crippen LogP contribution in [-0.2, 0) is 22.0 Å². The predicted molar refractivity (Wildman–Crippen MR) is 94.8 cm³/mol. The Balaban J connectivity index is 1.74. The molecule has 2 heterocycles. The van der Waals surface area contributed by atoms with Crippen molar-refractivity contribution in [2.45, 2.75) is 38.5 Å². The molecule has 0 spiro atoms. The van der Waals surface area contributed by atoms with E-state index < -0.39 is 5.97 Å². The fourth-order valence-corrected chi connectivity index (χ4v) is 3.89. The van der Waals surface area contributed by atoms with E-state index in [1.807, 2.05) is 34.0 Å². The predicted octanol–water partition coefficient (Wildman–Crippen LogP) is 2.70. The molecule has 0 saturated heterocycles. The normalized spacial score (nSPS) is 19.6. The van der Waals surface area contributed by atoms with Gasteiger partial charge in [0.2, 0.25) is 5.91 Å². The maximum atomic E-state index is 12.5. The van der Waals surface area contributed by atoms with Gasteiger partial charge in [0.05, 0.1) is 19.0 Å². The molecule has 134 valence electrons. The van der Waals surface area contributed by atoms with Gasteiger partial charge >= 0.3 is 5.97 Å². The van der Waals surface area contributed by atoms with Gasteiger partial charge in [-0.15, -0.1) is 0 Å². The third kappa shape index (κ3) is 3.58. The van der Waals surface area contributed by atoms with Crippen molar-refractivity contribution in [3.8, 4) is 0 Å². The Bertz CT molecular complexity index is 818. The Labute approximate surface area is 150 Å². The molecule has 2 atom stereocenters. The minimum absolute atomic E-state index is 0.0699. The van der Waals surface area contributed by atoms with Gasteiger partial charge < -0.3 is 10.1 Å². The van der Waals surface area contributed by atoms with Crippen molar-refractivity contribution < 1.29 is 14.3 Å². The third-order valence-corrected chi connectivity index (χ3v) is 5.17. The van der Waals surface area contributed by atoms with E-state index in [1.54, 1.807) is 10.9 Å². The number of ether oxygens (including phenoxy) is 1. The summed E-state index contributed by atoms with van der Waals surface area (Å²) < 4.78 is 6.57. The summed E-state index contributed by atoms with van der Waals surface area (Å²) in [6.45, 7) is 5.91. The van der Waals surface area contributed by atoms with Crippen LogP contribution in [0.3, 0.4) is 0 Å². The van der Waals surface area contributed by atoms with Crippen molar-refractivity contribution in [1.29, 1.82) is 0 Å². The first-order chi connectivity index (χ1) is 11.7. The minimum atomic E-state index is -0.428. The highest BCUT2D eigenvalue weighted by molar-refractivity contribution is 7.17. The fraction of sp³-hybridized carbons (Fsp3) is 0.529. The Morgan fingerprint density at radius 1 is 1.40 bits per heavy atom. The molecule has 2 aromatic heterocycles. The zero-order valence-electron chi connectivity index (χ0n) is 15.0. The van der Waals surface area contributed by atoms with E-state index >= 15 is 0 Å². The first-order valence-corrected chi connectivity index (χ1v) is 8.91. The minimum Gasteiger partial charge on any atom is -0.465 e. The summed E-state index contributed by atoms with van der Waals surface area (Å²) in [5.74, 6) is -0.370. The van der Waals surface area contributed by atoms with Gasteiger partial charge in [-0.2, -0.15) is 5.10 Å². The van der Waals surface area contributed by atoms with Crippen LogP contribution in [0, 0.1) is 5.92 Å². The van der Waals surface area contributed by atoms with Gasteiger partial charge in [-0.3, -0.25) is 9.48 Å². The van der Waals surface area contributed by atoms with Crippen LogP contribution < -0.4 is 5.32 Å². The van der Waals surface area contributed by atoms with E-state index in [0.29, 0.717) is 15.7 Å². The first-order valence-electron chi connectivity index (χ1n) is 8.09. The van der Waals surface area contributed by atoms with Gasteiger partial charge in [-0.25, -0.2) is 9.78 Å². The number of esters is 1. The van der Waals surface area contributed by atoms with Gasteiger partial charge in [0.15, 0.2) is 5.13 Å². The van der Waals surface area contributed by atoms with E-state index in [2.05, 4.69) is 15.4 Å². The second-order valence-corrected chi connectivity index (χ2v) is 8.32. The van der Waals surface area contributed by atoms with E-state index in [0.717, 1.165) is 23.3 Å². The third-order valence-electron chi connectivity index (χ3n) is 4.22. The lowest BCUT2D eigenvalue weighted by Crippen LogP contribution is -2.17. The Morgan fingerprint density at radius 2 is 2.12 bits per heavy atom. The lowest BCUT2D eigenvalue weighted by molar-refractivity contribution is -0.117. The van der Waals surface area contributed by atoms with Crippen LogP contribution in [0.15, 0.2) is 12.4 Å². The maximum Gasteiger partial charge on any atom is 0.350 e. The number of hydrogen-bond donors (Lipinski definition) is 1. The number of thiazole rings is 1. The molecule has 1 aliphatic carbocycles. The molecule has 1 N–H and O–H groups in total. The molecule has 1 aliphatic rings. The van der Waals surface area contributed by atoms with Crippen LogP contribution in [0.25, 0.3) is 0 Å². The number of rotatable bonds is 4. The average molecular weight is 362 g/mol. The van der Waals surface area contributed by atoms with Gasteiger partial charge in [0, 0.05) is 24.6 Å². The van der Waals surface area contributed by atoms with Gasteiger partial charge in [0.1, 0.15) is 4.88 Å². The summed E-state index contributed by atoms with van der Waals surface area (Å²) in [5.41, 5.74) is 1.40. The highest BCUT2D eigenvalue weighted by atomic mass is 32.1. The second-order valence-electron chi connectivity index (χ2n) is 7.32. The number of carbonyl (C=O) groups excluding carboxylic acids is 2. The van der Waals surface area contributed by atoms with Gasteiger partial charge in [0.25, 0.3) is 0 Å². The molecule has 3 rings (SSSR count). The molecule has 8 heteroatoms. The molecular weight excluding hydrogens is 340 g/mol. The number of methoxy groups -OCH3 is 1. The largest absolute Gasteiger partial charge is 0.465 e. The first kappa shape index (κ1) is 17.6. The van der Waals surface area contributed by atoms with E-state index in [1.165, 1.54) is 7.11 Å². The summed E-state index contributed by atoms with van der Waals surface area (Å²) >= 11 is 1.16.